The van der Waals surface area contributed by atoms with Crippen LogP contribution in [-0.2, 0) is 32.6 Å². The van der Waals surface area contributed by atoms with Gasteiger partial charge in [-0.05, 0) is 67.5 Å². The smallest absolute Gasteiger partial charge is 0.244 e. The van der Waals surface area contributed by atoms with Crippen molar-refractivity contribution in [2.24, 2.45) is 5.41 Å². The predicted molar refractivity (Wildman–Crippen MR) is 148 cm³/mol. The number of benzene rings is 1. The van der Waals surface area contributed by atoms with Gasteiger partial charge in [0.1, 0.15) is 30.2 Å². The van der Waals surface area contributed by atoms with Crippen molar-refractivity contribution in [1.29, 1.82) is 0 Å². The Morgan fingerprint density at radius 3 is 2.69 bits per heavy atom. The first-order valence-corrected chi connectivity index (χ1v) is 14.3. The predicted octanol–water partition coefficient (Wildman–Crippen LogP) is 3.63. The van der Waals surface area contributed by atoms with E-state index in [9.17, 15) is 23.5 Å². The van der Waals surface area contributed by atoms with E-state index in [0.717, 1.165) is 22.9 Å². The van der Waals surface area contributed by atoms with Gasteiger partial charge in [0, 0.05) is 43.2 Å². The third kappa shape index (κ3) is 4.42. The summed E-state index contributed by atoms with van der Waals surface area (Å²) in [5.74, 6) is -1.41. The maximum atomic E-state index is 14.2. The number of nitrogens with one attached hydrogen (secondary N) is 2. The summed E-state index contributed by atoms with van der Waals surface area (Å²) in [6.07, 6.45) is 5.63. The van der Waals surface area contributed by atoms with Gasteiger partial charge in [-0.2, -0.15) is 0 Å². The van der Waals surface area contributed by atoms with E-state index in [1.807, 2.05) is 18.2 Å². The van der Waals surface area contributed by atoms with E-state index in [0.29, 0.717) is 68.8 Å². The van der Waals surface area contributed by atoms with Gasteiger partial charge in [0.25, 0.3) is 0 Å². The van der Waals surface area contributed by atoms with Gasteiger partial charge in [-0.3, -0.25) is 14.6 Å². The lowest BCUT2D eigenvalue weighted by molar-refractivity contribution is -0.159. The van der Waals surface area contributed by atoms with E-state index in [1.165, 1.54) is 17.0 Å². The highest BCUT2D eigenvalue weighted by atomic mass is 19.1. The second-order valence-electron chi connectivity index (χ2n) is 11.9. The molecule has 3 N–H and O–H groups in total. The van der Waals surface area contributed by atoms with Crippen molar-refractivity contribution >= 4 is 23.3 Å². The second kappa shape index (κ2) is 10.1. The number of ether oxygens (including phenoxy) is 1. The molecule has 3 unspecified atom stereocenters. The van der Waals surface area contributed by atoms with E-state index in [-0.39, 0.29) is 12.5 Å². The lowest BCUT2D eigenvalue weighted by Gasteiger charge is -2.47. The number of piperidine rings is 1. The molecule has 2 amide bonds. The maximum Gasteiger partial charge on any atom is 0.244 e. The number of rotatable bonds is 4. The van der Waals surface area contributed by atoms with Crippen LogP contribution in [-0.4, -0.2) is 57.8 Å². The van der Waals surface area contributed by atoms with Gasteiger partial charge >= 0.3 is 0 Å². The summed E-state index contributed by atoms with van der Waals surface area (Å²) < 4.78 is 33.8. The summed E-state index contributed by atoms with van der Waals surface area (Å²) in [6.45, 7) is 0.642. The van der Waals surface area contributed by atoms with Crippen LogP contribution in [0.4, 0.5) is 20.3 Å². The summed E-state index contributed by atoms with van der Waals surface area (Å²) in [6, 6.07) is 8.29. The third-order valence-electron chi connectivity index (χ3n) is 9.49. The Morgan fingerprint density at radius 2 is 1.90 bits per heavy atom. The second-order valence-corrected chi connectivity index (χ2v) is 11.9. The molecule has 7 rings (SSSR count). The summed E-state index contributed by atoms with van der Waals surface area (Å²) in [5, 5.41) is 16.9. The van der Waals surface area contributed by atoms with Crippen molar-refractivity contribution < 1.29 is 28.2 Å². The molecule has 2 aromatic heterocycles. The Kier molecular flexibility index (Phi) is 6.47. The fourth-order valence-corrected chi connectivity index (χ4v) is 7.34. The first-order chi connectivity index (χ1) is 20.3. The number of fused-ring (bicyclic) bond motifs is 3. The number of aliphatic hydroxyl groups is 1. The normalized spacial score (nSPS) is 25.8. The SMILES string of the molecule is O=C(CN1C(=O)C2(CCOCC2)CCC1c1cc(F)cc(F)c1)Nc1cnc2c(c1)CC1(C2)c2cccnc2NC1O. The Morgan fingerprint density at radius 1 is 1.12 bits per heavy atom. The number of nitrogens with zero attached hydrogens (tertiary/aromatic N) is 3. The lowest BCUT2D eigenvalue weighted by atomic mass is 9.70. The zero-order valence-corrected chi connectivity index (χ0v) is 22.9. The number of halogens is 2. The number of hydrogen-bond donors (Lipinski definition) is 3. The van der Waals surface area contributed by atoms with Crippen molar-refractivity contribution in [3.8, 4) is 0 Å². The summed E-state index contributed by atoms with van der Waals surface area (Å²) in [5.41, 5.74) is 2.25. The number of likely N-dealkylation sites (tertiary alicyclic amines) is 1. The van der Waals surface area contributed by atoms with Gasteiger partial charge in [0.05, 0.1) is 28.8 Å². The van der Waals surface area contributed by atoms with Crippen molar-refractivity contribution in [1.82, 2.24) is 14.9 Å². The van der Waals surface area contributed by atoms with Crippen molar-refractivity contribution in [2.75, 3.05) is 30.4 Å². The Bertz CT molecular complexity index is 1560. The van der Waals surface area contributed by atoms with Gasteiger partial charge in [-0.25, -0.2) is 13.8 Å². The van der Waals surface area contributed by atoms with E-state index in [2.05, 4.69) is 20.6 Å². The average molecular weight is 576 g/mol. The number of pyridine rings is 2. The summed E-state index contributed by atoms with van der Waals surface area (Å²) in [7, 11) is 0. The van der Waals surface area contributed by atoms with Crippen LogP contribution >= 0.6 is 0 Å². The third-order valence-corrected chi connectivity index (χ3v) is 9.49. The van der Waals surface area contributed by atoms with Crippen LogP contribution in [0.3, 0.4) is 0 Å². The minimum absolute atomic E-state index is 0.189. The molecule has 0 saturated carbocycles. The minimum Gasteiger partial charge on any atom is -0.381 e. The molecule has 42 heavy (non-hydrogen) atoms. The molecule has 2 fully saturated rings. The first-order valence-electron chi connectivity index (χ1n) is 14.3. The van der Waals surface area contributed by atoms with E-state index in [1.54, 1.807) is 12.4 Å². The van der Waals surface area contributed by atoms with E-state index < -0.39 is 40.6 Å². The maximum absolute atomic E-state index is 14.2. The number of aliphatic hydroxyl groups excluding tert-OH is 1. The molecule has 218 valence electrons. The van der Waals surface area contributed by atoms with Gasteiger partial charge in [-0.1, -0.05) is 6.07 Å². The molecule has 0 radical (unpaired) electrons. The van der Waals surface area contributed by atoms with Crippen LogP contribution in [0.15, 0.2) is 48.8 Å². The minimum atomic E-state index is -0.818. The van der Waals surface area contributed by atoms with Crippen molar-refractivity contribution in [2.45, 2.75) is 56.2 Å². The van der Waals surface area contributed by atoms with Crippen LogP contribution in [0.5, 0.6) is 0 Å². The fraction of sp³-hybridized carbons (Fsp3) is 0.419. The number of hydrogen-bond acceptors (Lipinski definition) is 7. The molecule has 11 heteroatoms. The number of carbonyl (C=O) groups is 2. The highest BCUT2D eigenvalue weighted by molar-refractivity contribution is 5.96. The monoisotopic (exact) mass is 575 g/mol. The molecule has 1 aromatic carbocycles. The Labute approximate surface area is 241 Å². The summed E-state index contributed by atoms with van der Waals surface area (Å²) in [4.78, 5) is 37.8. The Balaban J connectivity index is 1.12. The van der Waals surface area contributed by atoms with E-state index >= 15 is 0 Å². The highest BCUT2D eigenvalue weighted by Crippen LogP contribution is 2.49. The summed E-state index contributed by atoms with van der Waals surface area (Å²) >= 11 is 0. The molecule has 4 aliphatic rings. The average Bonchev–Trinajstić information content (AvgIpc) is 3.48. The van der Waals surface area contributed by atoms with E-state index in [4.69, 9.17) is 4.74 Å². The molecule has 3 aliphatic heterocycles. The number of aromatic nitrogens is 2. The Hall–Kier alpha value is -3.96. The number of anilines is 2. The van der Waals surface area contributed by atoms with Crippen LogP contribution < -0.4 is 10.6 Å². The number of carbonyl (C=O) groups excluding carboxylic acids is 2. The molecule has 9 nitrogen and oxygen atoms in total. The lowest BCUT2D eigenvalue weighted by Crippen LogP contribution is -2.54. The topological polar surface area (TPSA) is 117 Å². The van der Waals surface area contributed by atoms with Gasteiger partial charge in [-0.15, -0.1) is 0 Å². The quantitative estimate of drug-likeness (QED) is 0.435. The largest absolute Gasteiger partial charge is 0.381 e. The fourth-order valence-electron chi connectivity index (χ4n) is 7.34. The molecule has 2 saturated heterocycles. The van der Waals surface area contributed by atoms with Crippen molar-refractivity contribution in [3.05, 3.63) is 82.8 Å². The van der Waals surface area contributed by atoms with Gasteiger partial charge in [0.2, 0.25) is 11.8 Å². The first kappa shape index (κ1) is 26.9. The molecule has 1 aliphatic carbocycles. The van der Waals surface area contributed by atoms with Crippen LogP contribution in [0.1, 0.15) is 54.1 Å². The highest BCUT2D eigenvalue weighted by Gasteiger charge is 2.51. The molecule has 5 heterocycles. The molecular formula is C31H31F2N5O4. The van der Waals surface area contributed by atoms with Crippen molar-refractivity contribution in [3.63, 3.8) is 0 Å². The number of amides is 2. The van der Waals surface area contributed by atoms with Gasteiger partial charge < -0.3 is 25.4 Å². The molecular weight excluding hydrogens is 544 g/mol. The zero-order chi connectivity index (χ0) is 29.1. The molecule has 2 spiro atoms. The molecule has 3 aromatic rings. The van der Waals surface area contributed by atoms with Gasteiger partial charge in [0.15, 0.2) is 0 Å². The molecule has 3 atom stereocenters. The standard InChI is InChI=1S/C31H31F2N5O4/c32-20-10-18(11-21(33)13-20)25-3-4-30(5-8-42-9-6-30)29(41)38(25)17-26(39)36-22-12-19-14-31(15-24(19)35-16-22)23-2-1-7-34-27(23)37-28(31)40/h1-2,7,10-13,16,25,28,40H,3-6,8-9,14-15,17H2,(H,34,37)(H,36,39). The van der Waals surface area contributed by atoms with Crippen LogP contribution in [0, 0.1) is 17.0 Å². The van der Waals surface area contributed by atoms with Crippen LogP contribution in [0.25, 0.3) is 0 Å². The molecule has 0 bridgehead atoms. The zero-order valence-electron chi connectivity index (χ0n) is 22.9. The van der Waals surface area contributed by atoms with Crippen LogP contribution in [0.2, 0.25) is 0 Å².